The van der Waals surface area contributed by atoms with E-state index in [9.17, 15) is 4.79 Å². The minimum Gasteiger partial charge on any atom is -0.494 e. The molecule has 0 unspecified atom stereocenters. The van der Waals surface area contributed by atoms with Gasteiger partial charge in [-0.3, -0.25) is 4.79 Å². The van der Waals surface area contributed by atoms with Crippen molar-refractivity contribution >= 4 is 17.5 Å². The molecular weight excluding hydrogens is 354 g/mol. The second-order valence-corrected chi connectivity index (χ2v) is 6.40. The molecular formula is C20H22ClNO4. The third-order valence-corrected chi connectivity index (χ3v) is 4.16. The van der Waals surface area contributed by atoms with Crippen LogP contribution in [0.4, 0.5) is 0 Å². The highest BCUT2D eigenvalue weighted by atomic mass is 35.5. The molecule has 6 heteroatoms. The molecule has 2 aromatic carbocycles. The molecule has 1 amide bonds. The van der Waals surface area contributed by atoms with Gasteiger partial charge >= 0.3 is 0 Å². The minimum absolute atomic E-state index is 0.0599. The number of fused-ring (bicyclic) bond motifs is 1. The Hall–Kier alpha value is -2.40. The number of carbonyl (C=O) groups is 1. The maximum atomic E-state index is 12.1. The number of rotatable bonds is 7. The summed E-state index contributed by atoms with van der Waals surface area (Å²) >= 11 is 6.25. The molecule has 1 aliphatic heterocycles. The Balaban J connectivity index is 1.43. The fourth-order valence-corrected chi connectivity index (χ4v) is 2.93. The molecule has 0 spiro atoms. The summed E-state index contributed by atoms with van der Waals surface area (Å²) in [5.41, 5.74) is 0.803. The molecule has 0 saturated heterocycles. The predicted molar refractivity (Wildman–Crippen MR) is 100 cm³/mol. The van der Waals surface area contributed by atoms with Gasteiger partial charge in [-0.1, -0.05) is 29.8 Å². The zero-order valence-corrected chi connectivity index (χ0v) is 15.3. The standard InChI is InChI=1S/C20H22ClNO4/c21-17-12-15(13-18-20(17)26-11-5-10-25-18)14-19(23)22-8-4-9-24-16-6-2-1-3-7-16/h1-3,6-7,12-13H,4-5,8-11,14H2,(H,22,23). The Bertz CT molecular complexity index is 736. The van der Waals surface area contributed by atoms with Crippen LogP contribution in [0.3, 0.4) is 0 Å². The van der Waals surface area contributed by atoms with Crippen LogP contribution < -0.4 is 19.5 Å². The van der Waals surface area contributed by atoms with Gasteiger partial charge in [0, 0.05) is 13.0 Å². The molecule has 0 radical (unpaired) electrons. The summed E-state index contributed by atoms with van der Waals surface area (Å²) in [7, 11) is 0. The smallest absolute Gasteiger partial charge is 0.224 e. The van der Waals surface area contributed by atoms with E-state index in [0.29, 0.717) is 42.9 Å². The normalized spacial score (nSPS) is 13.0. The first-order valence-electron chi connectivity index (χ1n) is 8.75. The van der Waals surface area contributed by atoms with E-state index >= 15 is 0 Å². The van der Waals surface area contributed by atoms with Crippen LogP contribution in [0.15, 0.2) is 42.5 Å². The fourth-order valence-electron chi connectivity index (χ4n) is 2.64. The highest BCUT2D eigenvalue weighted by Crippen LogP contribution is 2.38. The quantitative estimate of drug-likeness (QED) is 0.751. The van der Waals surface area contributed by atoms with E-state index in [1.54, 1.807) is 6.07 Å². The lowest BCUT2D eigenvalue weighted by Crippen LogP contribution is -2.27. The number of para-hydroxylation sites is 1. The molecule has 0 fully saturated rings. The zero-order chi connectivity index (χ0) is 18.2. The van der Waals surface area contributed by atoms with Crippen molar-refractivity contribution in [2.45, 2.75) is 19.3 Å². The molecule has 138 valence electrons. The lowest BCUT2D eigenvalue weighted by molar-refractivity contribution is -0.120. The van der Waals surface area contributed by atoms with Crippen molar-refractivity contribution < 1.29 is 19.0 Å². The average molecular weight is 376 g/mol. The van der Waals surface area contributed by atoms with Gasteiger partial charge in [-0.2, -0.15) is 0 Å². The lowest BCUT2D eigenvalue weighted by Gasteiger charge is -2.12. The van der Waals surface area contributed by atoms with Gasteiger partial charge in [0.15, 0.2) is 11.5 Å². The Morgan fingerprint density at radius 1 is 1.15 bits per heavy atom. The molecule has 0 aliphatic carbocycles. The van der Waals surface area contributed by atoms with Crippen molar-refractivity contribution in [1.82, 2.24) is 5.32 Å². The van der Waals surface area contributed by atoms with Gasteiger partial charge in [-0.05, 0) is 36.2 Å². The Labute approximate surface area is 158 Å². The summed E-state index contributed by atoms with van der Waals surface area (Å²) < 4.78 is 16.8. The van der Waals surface area contributed by atoms with Crippen LogP contribution in [-0.4, -0.2) is 32.3 Å². The first-order valence-corrected chi connectivity index (χ1v) is 9.13. The van der Waals surface area contributed by atoms with E-state index in [1.807, 2.05) is 36.4 Å². The molecule has 0 bridgehead atoms. The van der Waals surface area contributed by atoms with Gasteiger partial charge < -0.3 is 19.5 Å². The van der Waals surface area contributed by atoms with Crippen LogP contribution in [0, 0.1) is 0 Å². The summed E-state index contributed by atoms with van der Waals surface area (Å²) in [6.45, 7) is 2.28. The SMILES string of the molecule is O=C(Cc1cc(Cl)c2c(c1)OCCCO2)NCCCOc1ccccc1. The Morgan fingerprint density at radius 2 is 1.96 bits per heavy atom. The molecule has 26 heavy (non-hydrogen) atoms. The minimum atomic E-state index is -0.0599. The van der Waals surface area contributed by atoms with Crippen LogP contribution in [0.5, 0.6) is 17.2 Å². The largest absolute Gasteiger partial charge is 0.494 e. The fraction of sp³-hybridized carbons (Fsp3) is 0.350. The van der Waals surface area contributed by atoms with Crippen LogP contribution in [0.25, 0.3) is 0 Å². The molecule has 2 aromatic rings. The van der Waals surface area contributed by atoms with Gasteiger partial charge in [0.1, 0.15) is 5.75 Å². The maximum Gasteiger partial charge on any atom is 0.224 e. The monoisotopic (exact) mass is 375 g/mol. The van der Waals surface area contributed by atoms with Gasteiger partial charge in [0.05, 0.1) is 31.3 Å². The number of carbonyl (C=O) groups excluding carboxylic acids is 1. The zero-order valence-electron chi connectivity index (χ0n) is 14.5. The van der Waals surface area contributed by atoms with Crippen molar-refractivity contribution in [3.05, 3.63) is 53.1 Å². The van der Waals surface area contributed by atoms with Crippen LogP contribution in [0.2, 0.25) is 5.02 Å². The first-order chi connectivity index (χ1) is 12.7. The van der Waals surface area contributed by atoms with Crippen molar-refractivity contribution in [2.24, 2.45) is 0 Å². The number of hydrogen-bond acceptors (Lipinski definition) is 4. The van der Waals surface area contributed by atoms with E-state index in [2.05, 4.69) is 5.32 Å². The van der Waals surface area contributed by atoms with Crippen molar-refractivity contribution in [3.8, 4) is 17.2 Å². The van der Waals surface area contributed by atoms with E-state index < -0.39 is 0 Å². The Morgan fingerprint density at radius 3 is 2.81 bits per heavy atom. The molecule has 0 atom stereocenters. The topological polar surface area (TPSA) is 56.8 Å². The summed E-state index contributed by atoms with van der Waals surface area (Å²) in [5, 5.41) is 3.37. The van der Waals surface area contributed by atoms with E-state index in [-0.39, 0.29) is 12.3 Å². The maximum absolute atomic E-state index is 12.1. The van der Waals surface area contributed by atoms with Crippen LogP contribution in [0.1, 0.15) is 18.4 Å². The van der Waals surface area contributed by atoms with Gasteiger partial charge in [-0.15, -0.1) is 0 Å². The summed E-state index contributed by atoms with van der Waals surface area (Å²) in [4.78, 5) is 12.1. The van der Waals surface area contributed by atoms with Crippen LogP contribution >= 0.6 is 11.6 Å². The van der Waals surface area contributed by atoms with Crippen molar-refractivity contribution in [1.29, 1.82) is 0 Å². The molecule has 0 aromatic heterocycles. The van der Waals surface area contributed by atoms with Gasteiger partial charge in [-0.25, -0.2) is 0 Å². The molecule has 1 heterocycles. The number of halogens is 1. The Kier molecular flexibility index (Phi) is 6.61. The third-order valence-electron chi connectivity index (χ3n) is 3.88. The van der Waals surface area contributed by atoms with E-state index in [0.717, 1.165) is 24.2 Å². The number of nitrogens with one attached hydrogen (secondary N) is 1. The molecule has 5 nitrogen and oxygen atoms in total. The first kappa shape index (κ1) is 18.4. The number of hydrogen-bond donors (Lipinski definition) is 1. The number of benzene rings is 2. The highest BCUT2D eigenvalue weighted by Gasteiger charge is 2.16. The lowest BCUT2D eigenvalue weighted by atomic mass is 10.1. The predicted octanol–water partition coefficient (Wildman–Crippen LogP) is 3.63. The summed E-state index contributed by atoms with van der Waals surface area (Å²) in [6, 6.07) is 13.2. The molecule has 1 aliphatic rings. The second kappa shape index (κ2) is 9.34. The van der Waals surface area contributed by atoms with Gasteiger partial charge in [0.25, 0.3) is 0 Å². The third kappa shape index (κ3) is 5.30. The van der Waals surface area contributed by atoms with Crippen molar-refractivity contribution in [3.63, 3.8) is 0 Å². The van der Waals surface area contributed by atoms with Crippen LogP contribution in [-0.2, 0) is 11.2 Å². The second-order valence-electron chi connectivity index (χ2n) is 6.00. The summed E-state index contributed by atoms with van der Waals surface area (Å²) in [5.74, 6) is 1.94. The number of ether oxygens (including phenoxy) is 3. The van der Waals surface area contributed by atoms with Crippen molar-refractivity contribution in [2.75, 3.05) is 26.4 Å². The summed E-state index contributed by atoms with van der Waals surface area (Å²) in [6.07, 6.45) is 1.80. The molecule has 3 rings (SSSR count). The molecule has 0 saturated carbocycles. The van der Waals surface area contributed by atoms with Gasteiger partial charge in [0.2, 0.25) is 5.91 Å². The molecule has 1 N–H and O–H groups in total. The van der Waals surface area contributed by atoms with E-state index in [4.69, 9.17) is 25.8 Å². The highest BCUT2D eigenvalue weighted by molar-refractivity contribution is 6.32. The van der Waals surface area contributed by atoms with E-state index in [1.165, 1.54) is 0 Å². The average Bonchev–Trinajstić information content (AvgIpc) is 2.88. The number of amides is 1.